The molecule has 0 atom stereocenters. The summed E-state index contributed by atoms with van der Waals surface area (Å²) in [4.78, 5) is 10.3. The van der Waals surface area contributed by atoms with Crippen LogP contribution in [0, 0.1) is 0 Å². The predicted molar refractivity (Wildman–Crippen MR) is 59.1 cm³/mol. The van der Waals surface area contributed by atoms with E-state index in [-0.39, 0.29) is 0 Å². The zero-order valence-corrected chi connectivity index (χ0v) is 8.99. The van der Waals surface area contributed by atoms with Crippen molar-refractivity contribution in [2.24, 2.45) is 10.8 Å². The summed E-state index contributed by atoms with van der Waals surface area (Å²) in [6, 6.07) is 7.18. The molecule has 74 valence electrons. The number of hydrazone groups is 1. The van der Waals surface area contributed by atoms with Crippen LogP contribution in [0.3, 0.4) is 0 Å². The Kier molecular flexibility index (Phi) is 4.12. The smallest absolute Gasteiger partial charge is 0.332 e. The van der Waals surface area contributed by atoms with E-state index in [1.54, 1.807) is 6.21 Å². The third-order valence-electron chi connectivity index (χ3n) is 1.48. The molecular weight excluding hydrogens is 246 g/mol. The van der Waals surface area contributed by atoms with Crippen LogP contribution in [0.25, 0.3) is 0 Å². The number of urea groups is 1. The van der Waals surface area contributed by atoms with Crippen LogP contribution >= 0.6 is 15.9 Å². The Bertz CT molecular complexity index is 352. The highest BCUT2D eigenvalue weighted by Crippen LogP contribution is 2.11. The maximum Gasteiger partial charge on any atom is 0.332 e. The van der Waals surface area contributed by atoms with Crippen molar-refractivity contribution in [3.8, 4) is 0 Å². The van der Waals surface area contributed by atoms with E-state index >= 15 is 0 Å². The molecule has 0 fully saturated rings. The first kappa shape index (κ1) is 10.7. The molecule has 3 N–H and O–H groups in total. The number of halogens is 1. The second kappa shape index (κ2) is 5.39. The molecule has 1 aromatic carbocycles. The summed E-state index contributed by atoms with van der Waals surface area (Å²) in [6.45, 7) is 0. The monoisotopic (exact) mass is 255 g/mol. The van der Waals surface area contributed by atoms with Crippen molar-refractivity contribution in [3.63, 3.8) is 0 Å². The normalized spacial score (nSPS) is 10.4. The quantitative estimate of drug-likeness (QED) is 0.626. The standard InChI is InChI=1S/C9H10BrN3O/c10-8-3-1-2-7(6-8)4-5-12-13-9(11)14/h1-3,5-6H,4H2,(H3,11,13,14)/b12-5-. The Balaban J connectivity index is 2.45. The lowest BCUT2D eigenvalue weighted by atomic mass is 10.2. The molecule has 0 bridgehead atoms. The van der Waals surface area contributed by atoms with Crippen LogP contribution < -0.4 is 11.2 Å². The molecule has 0 spiro atoms. The first-order valence-corrected chi connectivity index (χ1v) is 4.79. The molecule has 4 nitrogen and oxygen atoms in total. The van der Waals surface area contributed by atoms with Crippen molar-refractivity contribution in [1.82, 2.24) is 5.43 Å². The Morgan fingerprint density at radius 1 is 1.64 bits per heavy atom. The van der Waals surface area contributed by atoms with Crippen molar-refractivity contribution in [2.45, 2.75) is 6.42 Å². The van der Waals surface area contributed by atoms with Crippen LogP contribution in [0.1, 0.15) is 5.56 Å². The minimum atomic E-state index is -0.657. The number of benzene rings is 1. The van der Waals surface area contributed by atoms with Gasteiger partial charge < -0.3 is 5.73 Å². The average molecular weight is 256 g/mol. The lowest BCUT2D eigenvalue weighted by Crippen LogP contribution is -2.24. The third kappa shape index (κ3) is 4.04. The maximum absolute atomic E-state index is 10.3. The molecular formula is C9H10BrN3O. The van der Waals surface area contributed by atoms with Gasteiger partial charge in [0.25, 0.3) is 0 Å². The molecule has 0 heterocycles. The van der Waals surface area contributed by atoms with E-state index in [1.807, 2.05) is 24.3 Å². The second-order valence-electron chi connectivity index (χ2n) is 2.62. The summed E-state index contributed by atoms with van der Waals surface area (Å²) in [5, 5.41) is 3.63. The van der Waals surface area contributed by atoms with Gasteiger partial charge in [-0.05, 0) is 17.7 Å². The summed E-state index contributed by atoms with van der Waals surface area (Å²) in [6.07, 6.45) is 2.24. The molecule has 0 aliphatic carbocycles. The van der Waals surface area contributed by atoms with E-state index in [2.05, 4.69) is 26.5 Å². The minimum absolute atomic E-state index is 0.652. The van der Waals surface area contributed by atoms with Crippen molar-refractivity contribution < 1.29 is 4.79 Å². The zero-order chi connectivity index (χ0) is 10.4. The fourth-order valence-corrected chi connectivity index (χ4v) is 1.37. The number of carbonyl (C=O) groups excluding carboxylic acids is 1. The number of carbonyl (C=O) groups is 1. The van der Waals surface area contributed by atoms with Crippen molar-refractivity contribution in [1.29, 1.82) is 0 Å². The molecule has 1 rings (SSSR count). The average Bonchev–Trinajstić information content (AvgIpc) is 2.12. The Labute approximate surface area is 90.3 Å². The Morgan fingerprint density at radius 3 is 3.07 bits per heavy atom. The molecule has 5 heteroatoms. The SMILES string of the molecule is NC(=O)N/N=C\Cc1cccc(Br)c1. The lowest BCUT2D eigenvalue weighted by molar-refractivity contribution is 0.249. The second-order valence-corrected chi connectivity index (χ2v) is 3.54. The highest BCUT2D eigenvalue weighted by atomic mass is 79.9. The van der Waals surface area contributed by atoms with Gasteiger partial charge in [-0.1, -0.05) is 28.1 Å². The number of rotatable bonds is 3. The predicted octanol–water partition coefficient (Wildman–Crippen LogP) is 1.65. The first-order chi connectivity index (χ1) is 6.68. The Morgan fingerprint density at radius 2 is 2.43 bits per heavy atom. The van der Waals surface area contributed by atoms with Crippen LogP contribution in [0.15, 0.2) is 33.8 Å². The Hall–Kier alpha value is -1.36. The summed E-state index contributed by atoms with van der Waals surface area (Å²) in [5.74, 6) is 0. The number of primary amides is 1. The number of nitrogens with two attached hydrogens (primary N) is 1. The van der Waals surface area contributed by atoms with Gasteiger partial charge in [0.15, 0.2) is 0 Å². The summed E-state index contributed by atoms with van der Waals surface area (Å²) in [7, 11) is 0. The summed E-state index contributed by atoms with van der Waals surface area (Å²) in [5.41, 5.74) is 8.06. The highest BCUT2D eigenvalue weighted by molar-refractivity contribution is 9.10. The van der Waals surface area contributed by atoms with E-state index < -0.39 is 6.03 Å². The van der Waals surface area contributed by atoms with Gasteiger partial charge in [0.05, 0.1) is 0 Å². The minimum Gasteiger partial charge on any atom is -0.350 e. The molecule has 1 aromatic rings. The van der Waals surface area contributed by atoms with Gasteiger partial charge in [0.2, 0.25) is 0 Å². The van der Waals surface area contributed by atoms with Crippen molar-refractivity contribution in [2.75, 3.05) is 0 Å². The molecule has 0 saturated carbocycles. The van der Waals surface area contributed by atoms with Gasteiger partial charge in [0.1, 0.15) is 0 Å². The maximum atomic E-state index is 10.3. The molecule has 0 aliphatic heterocycles. The van der Waals surface area contributed by atoms with Crippen molar-refractivity contribution in [3.05, 3.63) is 34.3 Å². The van der Waals surface area contributed by atoms with E-state index in [9.17, 15) is 4.79 Å². The number of nitrogens with zero attached hydrogens (tertiary/aromatic N) is 1. The number of amides is 2. The van der Waals surface area contributed by atoms with Gasteiger partial charge in [-0.25, -0.2) is 10.2 Å². The largest absolute Gasteiger partial charge is 0.350 e. The zero-order valence-electron chi connectivity index (χ0n) is 7.40. The van der Waals surface area contributed by atoms with E-state index in [0.29, 0.717) is 6.42 Å². The van der Waals surface area contributed by atoms with Gasteiger partial charge in [0, 0.05) is 17.1 Å². The van der Waals surface area contributed by atoms with Crippen LogP contribution in [0.2, 0.25) is 0 Å². The van der Waals surface area contributed by atoms with Crippen LogP contribution in [-0.4, -0.2) is 12.2 Å². The van der Waals surface area contributed by atoms with E-state index in [1.165, 1.54) is 0 Å². The lowest BCUT2D eigenvalue weighted by Gasteiger charge is -1.96. The van der Waals surface area contributed by atoms with E-state index in [4.69, 9.17) is 5.73 Å². The molecule has 2 amide bonds. The van der Waals surface area contributed by atoms with Crippen LogP contribution in [-0.2, 0) is 6.42 Å². The van der Waals surface area contributed by atoms with Gasteiger partial charge in [-0.15, -0.1) is 0 Å². The molecule has 0 aromatic heterocycles. The van der Waals surface area contributed by atoms with Crippen LogP contribution in [0.4, 0.5) is 4.79 Å². The molecule has 0 saturated heterocycles. The fourth-order valence-electron chi connectivity index (χ4n) is 0.924. The van der Waals surface area contributed by atoms with Gasteiger partial charge in [-0.3, -0.25) is 0 Å². The molecule has 14 heavy (non-hydrogen) atoms. The third-order valence-corrected chi connectivity index (χ3v) is 1.98. The van der Waals surface area contributed by atoms with Crippen molar-refractivity contribution >= 4 is 28.2 Å². The molecule has 0 aliphatic rings. The topological polar surface area (TPSA) is 67.5 Å². The number of nitrogens with one attached hydrogen (secondary N) is 1. The highest BCUT2D eigenvalue weighted by Gasteiger charge is 1.91. The molecule has 0 unspecified atom stereocenters. The summed E-state index contributed by atoms with van der Waals surface area (Å²) >= 11 is 3.36. The first-order valence-electron chi connectivity index (χ1n) is 4.00. The molecule has 0 radical (unpaired) electrons. The number of hydrogen-bond acceptors (Lipinski definition) is 2. The van der Waals surface area contributed by atoms with Crippen LogP contribution in [0.5, 0.6) is 0 Å². The summed E-state index contributed by atoms with van der Waals surface area (Å²) < 4.78 is 1.02. The van der Waals surface area contributed by atoms with E-state index in [0.717, 1.165) is 10.0 Å². The fraction of sp³-hybridized carbons (Fsp3) is 0.111. The number of hydrogen-bond donors (Lipinski definition) is 2. The van der Waals surface area contributed by atoms with Gasteiger partial charge >= 0.3 is 6.03 Å². The van der Waals surface area contributed by atoms with Gasteiger partial charge in [-0.2, -0.15) is 5.10 Å².